The van der Waals surface area contributed by atoms with Gasteiger partial charge in [-0.05, 0) is 63.5 Å². The predicted molar refractivity (Wildman–Crippen MR) is 148 cm³/mol. The summed E-state index contributed by atoms with van der Waals surface area (Å²) in [5, 5.41) is 10.1. The van der Waals surface area contributed by atoms with Gasteiger partial charge < -0.3 is 14.9 Å². The van der Waals surface area contributed by atoms with Crippen molar-refractivity contribution in [1.29, 1.82) is 0 Å². The Balaban J connectivity index is 1.46. The fourth-order valence-corrected chi connectivity index (χ4v) is 7.36. The molecule has 1 aromatic carbocycles. The van der Waals surface area contributed by atoms with E-state index in [4.69, 9.17) is 0 Å². The van der Waals surface area contributed by atoms with Gasteiger partial charge in [-0.1, -0.05) is 44.2 Å². The van der Waals surface area contributed by atoms with E-state index in [0.717, 1.165) is 49.8 Å². The van der Waals surface area contributed by atoms with E-state index in [-0.39, 0.29) is 36.2 Å². The minimum atomic E-state index is -0.275. The number of hydrogen-bond donors (Lipinski definition) is 1. The Bertz CT molecular complexity index is 1100. The summed E-state index contributed by atoms with van der Waals surface area (Å²) in [4.78, 5) is 32.4. The first kappa shape index (κ1) is 26.5. The number of benzene rings is 1. The van der Waals surface area contributed by atoms with Crippen LogP contribution in [0, 0.1) is 11.8 Å². The molecule has 3 atom stereocenters. The Morgan fingerprint density at radius 3 is 2.35 bits per heavy atom. The predicted octanol–water partition coefficient (Wildman–Crippen LogP) is 4.42. The second-order valence-corrected chi connectivity index (χ2v) is 11.7. The lowest BCUT2D eigenvalue weighted by Crippen LogP contribution is -2.55. The third-order valence-corrected chi connectivity index (χ3v) is 9.36. The van der Waals surface area contributed by atoms with Crippen LogP contribution in [0.5, 0.6) is 0 Å². The normalized spacial score (nSPS) is 26.8. The van der Waals surface area contributed by atoms with Crippen molar-refractivity contribution in [3.63, 3.8) is 0 Å². The average Bonchev–Trinajstić information content (AvgIpc) is 3.20. The summed E-state index contributed by atoms with van der Waals surface area (Å²) in [6.45, 7) is 6.04. The van der Waals surface area contributed by atoms with Crippen LogP contribution in [0.2, 0.25) is 0 Å². The van der Waals surface area contributed by atoms with Crippen molar-refractivity contribution in [2.24, 2.45) is 11.8 Å². The number of amides is 1. The molecule has 1 aromatic heterocycles. The number of carbonyl (C=O) groups is 1. The number of aryl methyl sites for hydroxylation is 1. The quantitative estimate of drug-likeness (QED) is 0.625. The number of aromatic nitrogens is 2. The molecule has 7 nitrogen and oxygen atoms in total. The summed E-state index contributed by atoms with van der Waals surface area (Å²) in [5.41, 5.74) is 1.88. The van der Waals surface area contributed by atoms with E-state index < -0.39 is 0 Å². The molecule has 1 amide bonds. The number of aliphatic hydroxyl groups excluding tert-OH is 1. The minimum Gasteiger partial charge on any atom is -0.394 e. The monoisotopic (exact) mass is 510 g/mol. The molecule has 2 aliphatic heterocycles. The number of likely N-dealkylation sites (tertiary alicyclic amines) is 2. The summed E-state index contributed by atoms with van der Waals surface area (Å²) in [7, 11) is 0. The molecular formula is C30H46N4O3. The van der Waals surface area contributed by atoms with Gasteiger partial charge >= 0.3 is 5.69 Å². The van der Waals surface area contributed by atoms with Crippen molar-refractivity contribution in [2.75, 3.05) is 32.8 Å². The zero-order valence-corrected chi connectivity index (χ0v) is 22.7. The summed E-state index contributed by atoms with van der Waals surface area (Å²) in [5.74, 6) is 0.562. The van der Waals surface area contributed by atoms with Crippen LogP contribution in [0.4, 0.5) is 0 Å². The number of imidazole rings is 1. The molecule has 3 heterocycles. The van der Waals surface area contributed by atoms with E-state index in [9.17, 15) is 14.7 Å². The van der Waals surface area contributed by atoms with E-state index in [2.05, 4.69) is 4.90 Å². The summed E-state index contributed by atoms with van der Waals surface area (Å²) >= 11 is 0. The molecule has 5 rings (SSSR count). The van der Waals surface area contributed by atoms with Gasteiger partial charge in [-0.3, -0.25) is 13.9 Å². The molecule has 3 fully saturated rings. The number of rotatable bonds is 6. The highest BCUT2D eigenvalue weighted by Gasteiger charge is 2.41. The van der Waals surface area contributed by atoms with E-state index >= 15 is 0 Å². The van der Waals surface area contributed by atoms with Crippen LogP contribution in [-0.4, -0.2) is 68.8 Å². The van der Waals surface area contributed by atoms with Gasteiger partial charge in [-0.15, -0.1) is 0 Å². The van der Waals surface area contributed by atoms with Gasteiger partial charge in [0.2, 0.25) is 5.91 Å². The fraction of sp³-hybridized carbons (Fsp3) is 0.733. The van der Waals surface area contributed by atoms with Crippen LogP contribution in [0.1, 0.15) is 83.6 Å². The van der Waals surface area contributed by atoms with Gasteiger partial charge in [0.05, 0.1) is 35.6 Å². The summed E-state index contributed by atoms with van der Waals surface area (Å²) in [6, 6.07) is 7.76. The average molecular weight is 511 g/mol. The fourth-order valence-electron chi connectivity index (χ4n) is 7.36. The van der Waals surface area contributed by atoms with Gasteiger partial charge in [-0.2, -0.15) is 0 Å². The highest BCUT2D eigenvalue weighted by Crippen LogP contribution is 2.34. The molecule has 1 unspecified atom stereocenters. The van der Waals surface area contributed by atoms with Gasteiger partial charge in [-0.25, -0.2) is 4.79 Å². The van der Waals surface area contributed by atoms with Crippen molar-refractivity contribution in [2.45, 2.75) is 96.2 Å². The number of aliphatic hydroxyl groups is 1. The van der Waals surface area contributed by atoms with E-state index in [1.54, 1.807) is 0 Å². The molecule has 7 heteroatoms. The Morgan fingerprint density at radius 2 is 1.62 bits per heavy atom. The molecule has 37 heavy (non-hydrogen) atoms. The lowest BCUT2D eigenvalue weighted by Gasteiger charge is -2.44. The minimum absolute atomic E-state index is 0.00248. The standard InChI is InChI=1S/C30H46N4O3/c1-2-32-27-15-8-9-16-28(27)34(30(32)37)26-17-19-31(20-23-12-6-4-3-5-7-13-23)21-25(26)29(36)33-18-11-10-14-24(33)22-35/h8-9,15-16,23-26,35H,2-7,10-14,17-22H2,1H3/t24?,25-,26-/m0/s1. The molecule has 1 saturated carbocycles. The Labute approximate surface area is 221 Å². The Hall–Kier alpha value is -2.12. The van der Waals surface area contributed by atoms with Gasteiger partial charge in [0.25, 0.3) is 0 Å². The highest BCUT2D eigenvalue weighted by molar-refractivity contribution is 5.81. The van der Waals surface area contributed by atoms with Crippen molar-refractivity contribution in [1.82, 2.24) is 18.9 Å². The Morgan fingerprint density at radius 1 is 0.919 bits per heavy atom. The van der Waals surface area contributed by atoms with Gasteiger partial charge in [0, 0.05) is 32.7 Å². The van der Waals surface area contributed by atoms with Crippen LogP contribution in [0.25, 0.3) is 11.0 Å². The zero-order chi connectivity index (χ0) is 25.8. The van der Waals surface area contributed by atoms with E-state index in [0.29, 0.717) is 25.6 Å². The first-order valence-corrected chi connectivity index (χ1v) is 15.0. The zero-order valence-electron chi connectivity index (χ0n) is 22.7. The van der Waals surface area contributed by atoms with Crippen LogP contribution in [-0.2, 0) is 11.3 Å². The topological polar surface area (TPSA) is 70.7 Å². The molecule has 0 spiro atoms. The number of fused-ring (bicyclic) bond motifs is 1. The number of hydrogen-bond acceptors (Lipinski definition) is 4. The smallest absolute Gasteiger partial charge is 0.329 e. The lowest BCUT2D eigenvalue weighted by molar-refractivity contribution is -0.144. The van der Waals surface area contributed by atoms with Crippen molar-refractivity contribution >= 4 is 16.9 Å². The molecular weight excluding hydrogens is 464 g/mol. The van der Waals surface area contributed by atoms with Crippen LogP contribution < -0.4 is 5.69 Å². The molecule has 2 saturated heterocycles. The number of para-hydroxylation sites is 2. The summed E-state index contributed by atoms with van der Waals surface area (Å²) in [6.07, 6.45) is 13.0. The number of piperidine rings is 2. The van der Waals surface area contributed by atoms with E-state index in [1.165, 1.54) is 44.9 Å². The first-order chi connectivity index (χ1) is 18.1. The maximum atomic E-state index is 14.2. The Kier molecular flexibility index (Phi) is 8.71. The van der Waals surface area contributed by atoms with Crippen LogP contribution >= 0.6 is 0 Å². The molecule has 2 aromatic rings. The molecule has 0 bridgehead atoms. The largest absolute Gasteiger partial charge is 0.394 e. The lowest BCUT2D eigenvalue weighted by atomic mass is 9.86. The highest BCUT2D eigenvalue weighted by atomic mass is 16.3. The summed E-state index contributed by atoms with van der Waals surface area (Å²) < 4.78 is 3.78. The van der Waals surface area contributed by atoms with Crippen molar-refractivity contribution in [3.05, 3.63) is 34.7 Å². The number of nitrogens with zero attached hydrogens (tertiary/aromatic N) is 4. The maximum Gasteiger partial charge on any atom is 0.329 e. The van der Waals surface area contributed by atoms with Gasteiger partial charge in [0.1, 0.15) is 0 Å². The van der Waals surface area contributed by atoms with Gasteiger partial charge in [0.15, 0.2) is 0 Å². The van der Waals surface area contributed by atoms with E-state index in [1.807, 2.05) is 45.2 Å². The molecule has 1 N–H and O–H groups in total. The van der Waals surface area contributed by atoms with Crippen LogP contribution in [0.15, 0.2) is 29.1 Å². The molecule has 0 radical (unpaired) electrons. The molecule has 3 aliphatic rings. The maximum absolute atomic E-state index is 14.2. The first-order valence-electron chi connectivity index (χ1n) is 15.0. The van der Waals surface area contributed by atoms with Crippen molar-refractivity contribution < 1.29 is 9.90 Å². The molecule has 204 valence electrons. The molecule has 1 aliphatic carbocycles. The second kappa shape index (κ2) is 12.2. The number of carbonyl (C=O) groups excluding carboxylic acids is 1. The second-order valence-electron chi connectivity index (χ2n) is 11.7. The third kappa shape index (κ3) is 5.53. The van der Waals surface area contributed by atoms with Crippen LogP contribution in [0.3, 0.4) is 0 Å². The van der Waals surface area contributed by atoms with Crippen molar-refractivity contribution in [3.8, 4) is 0 Å². The SMILES string of the molecule is CCn1c(=O)n([C@H]2CCN(CC3CCCCCCC3)C[C@@H]2C(=O)N2CCCCC2CO)c2ccccc21. The third-order valence-electron chi connectivity index (χ3n) is 9.36.